The Balaban J connectivity index is 1.98. The molecule has 0 aliphatic heterocycles. The number of para-hydroxylation sites is 1. The molecule has 4 nitrogen and oxygen atoms in total. The molecule has 0 N–H and O–H groups in total. The van der Waals surface area contributed by atoms with Gasteiger partial charge in [0.15, 0.2) is 0 Å². The second kappa shape index (κ2) is 6.08. The highest BCUT2D eigenvalue weighted by atomic mass is 16.1. The van der Waals surface area contributed by atoms with E-state index in [4.69, 9.17) is 4.98 Å². The molecule has 24 heavy (non-hydrogen) atoms. The molecule has 0 aliphatic rings. The van der Waals surface area contributed by atoms with Crippen LogP contribution in [0, 0.1) is 0 Å². The minimum absolute atomic E-state index is 0.0386. The van der Waals surface area contributed by atoms with E-state index in [-0.39, 0.29) is 5.56 Å². The van der Waals surface area contributed by atoms with Crippen LogP contribution in [0.15, 0.2) is 83.9 Å². The van der Waals surface area contributed by atoms with Crippen molar-refractivity contribution in [1.29, 1.82) is 0 Å². The summed E-state index contributed by atoms with van der Waals surface area (Å²) >= 11 is 0. The highest BCUT2D eigenvalue weighted by molar-refractivity contribution is 5.79. The van der Waals surface area contributed by atoms with Gasteiger partial charge >= 0.3 is 0 Å². The summed E-state index contributed by atoms with van der Waals surface area (Å²) in [4.78, 5) is 21.9. The van der Waals surface area contributed by atoms with Crippen LogP contribution in [-0.2, 0) is 6.54 Å². The third-order valence-electron chi connectivity index (χ3n) is 3.96. The summed E-state index contributed by atoms with van der Waals surface area (Å²) < 4.78 is 1.72. The molecule has 116 valence electrons. The third-order valence-corrected chi connectivity index (χ3v) is 3.96. The molecule has 0 atom stereocenters. The lowest BCUT2D eigenvalue weighted by atomic mass is 10.1. The molecule has 2 heterocycles. The van der Waals surface area contributed by atoms with Crippen molar-refractivity contribution in [2.45, 2.75) is 6.54 Å². The van der Waals surface area contributed by atoms with E-state index in [2.05, 4.69) is 4.98 Å². The van der Waals surface area contributed by atoms with Crippen molar-refractivity contribution in [1.82, 2.24) is 14.5 Å². The Kier molecular flexibility index (Phi) is 3.63. The van der Waals surface area contributed by atoms with Crippen molar-refractivity contribution in [3.05, 3.63) is 95.0 Å². The molecule has 0 radical (unpaired) electrons. The third kappa shape index (κ3) is 2.58. The van der Waals surface area contributed by atoms with Gasteiger partial charge in [0, 0.05) is 18.0 Å². The van der Waals surface area contributed by atoms with Gasteiger partial charge in [-0.2, -0.15) is 0 Å². The van der Waals surface area contributed by atoms with E-state index in [1.54, 1.807) is 17.0 Å². The van der Waals surface area contributed by atoms with Crippen LogP contribution in [0.25, 0.3) is 22.3 Å². The van der Waals surface area contributed by atoms with Gasteiger partial charge < -0.3 is 0 Å². The Bertz CT molecular complexity index is 1040. The number of pyridine rings is 1. The predicted octanol–water partition coefficient (Wildman–Crippen LogP) is 3.51. The normalized spacial score (nSPS) is 10.8. The van der Waals surface area contributed by atoms with Gasteiger partial charge in [-0.25, -0.2) is 4.98 Å². The number of aromatic nitrogens is 3. The number of hydrogen-bond acceptors (Lipinski definition) is 3. The SMILES string of the molecule is O=c1c2ccccc2nc(-c2ccccc2)n1Cc1cccnc1. The summed E-state index contributed by atoms with van der Waals surface area (Å²) in [6.07, 6.45) is 3.50. The van der Waals surface area contributed by atoms with Crippen LogP contribution in [0.5, 0.6) is 0 Å². The molecule has 4 aromatic rings. The largest absolute Gasteiger partial charge is 0.288 e. The number of nitrogens with zero attached hydrogens (tertiary/aromatic N) is 3. The second-order valence-corrected chi connectivity index (χ2v) is 5.57. The van der Waals surface area contributed by atoms with Gasteiger partial charge in [0.1, 0.15) is 5.82 Å². The van der Waals surface area contributed by atoms with E-state index < -0.39 is 0 Å². The monoisotopic (exact) mass is 313 g/mol. The van der Waals surface area contributed by atoms with Gasteiger partial charge in [0.2, 0.25) is 0 Å². The first-order valence-electron chi connectivity index (χ1n) is 7.77. The minimum atomic E-state index is -0.0386. The van der Waals surface area contributed by atoms with Crippen molar-refractivity contribution >= 4 is 10.9 Å². The summed E-state index contributed by atoms with van der Waals surface area (Å²) in [5.41, 5.74) is 2.56. The van der Waals surface area contributed by atoms with E-state index in [0.29, 0.717) is 23.3 Å². The minimum Gasteiger partial charge on any atom is -0.288 e. The highest BCUT2D eigenvalue weighted by Crippen LogP contribution is 2.19. The molecule has 0 saturated carbocycles. The smallest absolute Gasteiger partial charge is 0.261 e. The summed E-state index contributed by atoms with van der Waals surface area (Å²) in [7, 11) is 0. The van der Waals surface area contributed by atoms with Gasteiger partial charge in [-0.15, -0.1) is 0 Å². The lowest BCUT2D eigenvalue weighted by Gasteiger charge is -2.13. The Morgan fingerprint density at radius 3 is 2.46 bits per heavy atom. The van der Waals surface area contributed by atoms with E-state index >= 15 is 0 Å². The van der Waals surface area contributed by atoms with E-state index in [0.717, 1.165) is 11.1 Å². The van der Waals surface area contributed by atoms with Gasteiger partial charge in [-0.3, -0.25) is 14.3 Å². The molecule has 4 rings (SSSR count). The van der Waals surface area contributed by atoms with Crippen molar-refractivity contribution in [3.8, 4) is 11.4 Å². The molecule has 0 saturated heterocycles. The summed E-state index contributed by atoms with van der Waals surface area (Å²) in [6, 6.07) is 21.1. The van der Waals surface area contributed by atoms with Crippen LogP contribution < -0.4 is 5.56 Å². The standard InChI is InChI=1S/C20H15N3O/c24-20-17-10-4-5-11-18(17)22-19(16-8-2-1-3-9-16)23(20)14-15-7-6-12-21-13-15/h1-13H,14H2. The van der Waals surface area contributed by atoms with Gasteiger partial charge in [0.25, 0.3) is 5.56 Å². The number of benzene rings is 2. The summed E-state index contributed by atoms with van der Waals surface area (Å²) in [5, 5.41) is 0.626. The van der Waals surface area contributed by atoms with E-state index in [1.165, 1.54) is 0 Å². The molecule has 0 spiro atoms. The molecule has 0 fully saturated rings. The Morgan fingerprint density at radius 1 is 0.875 bits per heavy atom. The summed E-state index contributed by atoms with van der Waals surface area (Å²) in [5.74, 6) is 0.670. The van der Waals surface area contributed by atoms with E-state index in [1.807, 2.05) is 66.7 Å². The fourth-order valence-electron chi connectivity index (χ4n) is 2.80. The van der Waals surface area contributed by atoms with Crippen molar-refractivity contribution < 1.29 is 0 Å². The molecule has 0 amide bonds. The molecule has 4 heteroatoms. The van der Waals surface area contributed by atoms with Crippen LogP contribution >= 0.6 is 0 Å². The van der Waals surface area contributed by atoms with Crippen LogP contribution in [0.1, 0.15) is 5.56 Å². The zero-order chi connectivity index (χ0) is 16.4. The second-order valence-electron chi connectivity index (χ2n) is 5.57. The molecular weight excluding hydrogens is 298 g/mol. The molecule has 2 aromatic heterocycles. The average molecular weight is 313 g/mol. The fraction of sp³-hybridized carbons (Fsp3) is 0.0500. The lowest BCUT2D eigenvalue weighted by molar-refractivity contribution is 0.756. The quantitative estimate of drug-likeness (QED) is 0.581. The Labute approximate surface area is 139 Å². The van der Waals surface area contributed by atoms with Gasteiger partial charge in [-0.05, 0) is 23.8 Å². The number of rotatable bonds is 3. The van der Waals surface area contributed by atoms with Gasteiger partial charge in [-0.1, -0.05) is 48.5 Å². The summed E-state index contributed by atoms with van der Waals surface area (Å²) in [6.45, 7) is 0.439. The highest BCUT2D eigenvalue weighted by Gasteiger charge is 2.12. The Morgan fingerprint density at radius 2 is 1.67 bits per heavy atom. The zero-order valence-electron chi connectivity index (χ0n) is 13.0. The average Bonchev–Trinajstić information content (AvgIpc) is 2.65. The molecule has 2 aromatic carbocycles. The van der Waals surface area contributed by atoms with Crippen molar-refractivity contribution in [2.24, 2.45) is 0 Å². The fourth-order valence-corrected chi connectivity index (χ4v) is 2.80. The first-order valence-corrected chi connectivity index (χ1v) is 7.77. The molecular formula is C20H15N3O. The van der Waals surface area contributed by atoms with E-state index in [9.17, 15) is 4.79 Å². The van der Waals surface area contributed by atoms with Crippen LogP contribution in [0.3, 0.4) is 0 Å². The Hall–Kier alpha value is -3.27. The number of hydrogen-bond donors (Lipinski definition) is 0. The topological polar surface area (TPSA) is 47.8 Å². The first kappa shape index (κ1) is 14.3. The van der Waals surface area contributed by atoms with Crippen LogP contribution in [0.2, 0.25) is 0 Å². The van der Waals surface area contributed by atoms with Crippen LogP contribution in [0.4, 0.5) is 0 Å². The van der Waals surface area contributed by atoms with Crippen molar-refractivity contribution in [2.75, 3.05) is 0 Å². The molecule has 0 unspecified atom stereocenters. The maximum absolute atomic E-state index is 13.0. The lowest BCUT2D eigenvalue weighted by Crippen LogP contribution is -2.24. The molecule has 0 aliphatic carbocycles. The maximum Gasteiger partial charge on any atom is 0.261 e. The van der Waals surface area contributed by atoms with Crippen LogP contribution in [-0.4, -0.2) is 14.5 Å². The zero-order valence-corrected chi connectivity index (χ0v) is 13.0. The molecule has 0 bridgehead atoms. The van der Waals surface area contributed by atoms with Gasteiger partial charge in [0.05, 0.1) is 17.4 Å². The predicted molar refractivity (Wildman–Crippen MR) is 94.8 cm³/mol. The van der Waals surface area contributed by atoms with Crippen molar-refractivity contribution in [3.63, 3.8) is 0 Å². The number of fused-ring (bicyclic) bond motifs is 1. The first-order chi connectivity index (χ1) is 11.8. The maximum atomic E-state index is 13.0.